The topological polar surface area (TPSA) is 33.1 Å². The smallest absolute Gasteiger partial charge is 0.0861 e. The molecule has 0 radical (unpaired) electrons. The van der Waals surface area contributed by atoms with E-state index in [1.54, 1.807) is 0 Å². The summed E-state index contributed by atoms with van der Waals surface area (Å²) < 4.78 is 0. The lowest BCUT2D eigenvalue weighted by molar-refractivity contribution is -0.187. The Morgan fingerprint density at radius 2 is 1.76 bits per heavy atom. The van der Waals surface area contributed by atoms with Crippen molar-refractivity contribution < 1.29 is 5.11 Å². The number of nitrogens with zero attached hydrogens (tertiary/aromatic N) is 1. The summed E-state index contributed by atoms with van der Waals surface area (Å²) in [5.74, 6) is 0.823. The van der Waals surface area contributed by atoms with Crippen LogP contribution < -0.4 is 0 Å². The minimum absolute atomic E-state index is 0.0971. The lowest BCUT2D eigenvalue weighted by Gasteiger charge is -2.66. The lowest BCUT2D eigenvalue weighted by Crippen LogP contribution is -2.56. The third-order valence-corrected chi connectivity index (χ3v) is 6.50. The molecule has 4 aliphatic rings. The molecular weight excluding hydrogens is 258 g/mol. The molecule has 0 aromatic carbocycles. The van der Waals surface area contributed by atoms with Crippen molar-refractivity contribution in [1.29, 1.82) is 0 Å². The maximum atomic E-state index is 11.2. The molecule has 1 aromatic rings. The highest BCUT2D eigenvalue weighted by atomic mass is 16.3. The van der Waals surface area contributed by atoms with Gasteiger partial charge in [0.05, 0.1) is 6.10 Å². The Bertz CT molecular complexity index is 545. The van der Waals surface area contributed by atoms with Gasteiger partial charge in [-0.3, -0.25) is 4.98 Å². The summed E-state index contributed by atoms with van der Waals surface area (Å²) in [6, 6.07) is 4.11. The van der Waals surface area contributed by atoms with Gasteiger partial charge in [0.15, 0.2) is 0 Å². The molecule has 2 nitrogen and oxygen atoms in total. The first-order chi connectivity index (χ1) is 9.82. The quantitative estimate of drug-likeness (QED) is 0.872. The van der Waals surface area contributed by atoms with Crippen LogP contribution in [0.5, 0.6) is 0 Å². The number of hydrogen-bond donors (Lipinski definition) is 1. The first-order valence-electron chi connectivity index (χ1n) is 8.42. The first-order valence-corrected chi connectivity index (χ1v) is 8.42. The summed E-state index contributed by atoms with van der Waals surface area (Å²) in [6.07, 6.45) is 9.27. The van der Waals surface area contributed by atoms with Crippen LogP contribution in [0.15, 0.2) is 18.3 Å². The van der Waals surface area contributed by atoms with Crippen LogP contribution in [0.1, 0.15) is 69.7 Å². The van der Waals surface area contributed by atoms with Crippen LogP contribution in [0.2, 0.25) is 0 Å². The van der Waals surface area contributed by atoms with Gasteiger partial charge in [-0.05, 0) is 73.8 Å². The van der Waals surface area contributed by atoms with Crippen molar-refractivity contribution in [2.75, 3.05) is 0 Å². The Morgan fingerprint density at radius 1 is 1.10 bits per heavy atom. The Kier molecular flexibility index (Phi) is 2.68. The van der Waals surface area contributed by atoms with Crippen LogP contribution in [0.25, 0.3) is 0 Å². The van der Waals surface area contributed by atoms with Crippen LogP contribution in [0, 0.1) is 29.1 Å². The zero-order valence-electron chi connectivity index (χ0n) is 13.5. The van der Waals surface area contributed by atoms with Crippen LogP contribution >= 0.6 is 0 Å². The Morgan fingerprint density at radius 3 is 2.29 bits per heavy atom. The van der Waals surface area contributed by atoms with Gasteiger partial charge < -0.3 is 5.11 Å². The summed E-state index contributed by atoms with van der Waals surface area (Å²) in [4.78, 5) is 4.40. The van der Waals surface area contributed by atoms with Gasteiger partial charge >= 0.3 is 0 Å². The highest BCUT2D eigenvalue weighted by molar-refractivity contribution is 5.22. The van der Waals surface area contributed by atoms with Crippen LogP contribution in [-0.2, 0) is 0 Å². The molecule has 3 atom stereocenters. The largest absolute Gasteiger partial charge is 0.388 e. The molecule has 4 saturated carbocycles. The number of aromatic nitrogens is 1. The number of aryl methyl sites for hydroxylation is 1. The second kappa shape index (κ2) is 4.10. The van der Waals surface area contributed by atoms with Crippen molar-refractivity contribution in [3.8, 4) is 0 Å². The molecule has 4 fully saturated rings. The van der Waals surface area contributed by atoms with Gasteiger partial charge in [-0.25, -0.2) is 0 Å². The van der Waals surface area contributed by atoms with E-state index in [1.807, 2.05) is 19.2 Å². The fraction of sp³-hybridized carbons (Fsp3) is 0.737. The van der Waals surface area contributed by atoms with Crippen molar-refractivity contribution in [2.24, 2.45) is 22.2 Å². The summed E-state index contributed by atoms with van der Waals surface area (Å²) in [7, 11) is 0. The molecule has 1 aromatic heterocycles. The highest BCUT2D eigenvalue weighted by Gasteiger charge is 2.62. The van der Waals surface area contributed by atoms with Gasteiger partial charge in [-0.2, -0.15) is 0 Å². The fourth-order valence-corrected chi connectivity index (χ4v) is 6.84. The second-order valence-electron chi connectivity index (χ2n) is 9.13. The average molecular weight is 285 g/mol. The van der Waals surface area contributed by atoms with E-state index in [1.165, 1.54) is 38.5 Å². The van der Waals surface area contributed by atoms with E-state index in [-0.39, 0.29) is 11.5 Å². The van der Waals surface area contributed by atoms with E-state index in [2.05, 4.69) is 24.9 Å². The van der Waals surface area contributed by atoms with Crippen molar-refractivity contribution in [2.45, 2.75) is 65.4 Å². The van der Waals surface area contributed by atoms with Gasteiger partial charge in [0.25, 0.3) is 0 Å². The van der Waals surface area contributed by atoms with E-state index in [0.717, 1.165) is 17.2 Å². The van der Waals surface area contributed by atoms with Crippen molar-refractivity contribution in [3.63, 3.8) is 0 Å². The van der Waals surface area contributed by atoms with E-state index in [4.69, 9.17) is 0 Å². The standard InChI is InChI=1S/C19H27NO/c1-13-4-5-15(9-20-13)16(21)19-8-14-6-17(2,11-19)10-18(3,7-14)12-19/h4-5,9,14,16,21H,6-8,10-12H2,1-3H3. The van der Waals surface area contributed by atoms with Crippen molar-refractivity contribution in [1.82, 2.24) is 4.98 Å². The molecule has 0 amide bonds. The van der Waals surface area contributed by atoms with Crippen molar-refractivity contribution >= 4 is 0 Å². The normalized spacial score (nSPS) is 45.8. The predicted octanol–water partition coefficient (Wildman–Crippen LogP) is 4.42. The van der Waals surface area contributed by atoms with E-state index in [0.29, 0.717) is 10.8 Å². The molecule has 3 unspecified atom stereocenters. The summed E-state index contributed by atoms with van der Waals surface area (Å²) in [6.45, 7) is 6.93. The third kappa shape index (κ3) is 2.06. The maximum Gasteiger partial charge on any atom is 0.0861 e. The maximum absolute atomic E-state index is 11.2. The second-order valence-corrected chi connectivity index (χ2v) is 9.13. The van der Waals surface area contributed by atoms with E-state index in [9.17, 15) is 5.11 Å². The predicted molar refractivity (Wildman–Crippen MR) is 83.8 cm³/mol. The number of aliphatic hydroxyl groups excluding tert-OH is 1. The molecule has 2 heteroatoms. The molecule has 5 rings (SSSR count). The van der Waals surface area contributed by atoms with Gasteiger partial charge in [0, 0.05) is 17.3 Å². The molecule has 21 heavy (non-hydrogen) atoms. The first kappa shape index (κ1) is 13.8. The summed E-state index contributed by atoms with van der Waals surface area (Å²) in [5.41, 5.74) is 3.05. The van der Waals surface area contributed by atoms with E-state index >= 15 is 0 Å². The Labute approximate surface area is 128 Å². The summed E-state index contributed by atoms with van der Waals surface area (Å²) in [5, 5.41) is 11.2. The molecule has 4 bridgehead atoms. The molecule has 114 valence electrons. The minimum atomic E-state index is -0.340. The van der Waals surface area contributed by atoms with E-state index < -0.39 is 0 Å². The molecule has 1 N–H and O–H groups in total. The number of hydrogen-bond acceptors (Lipinski definition) is 2. The Hall–Kier alpha value is -0.890. The molecule has 0 aliphatic heterocycles. The third-order valence-electron chi connectivity index (χ3n) is 6.50. The Balaban J connectivity index is 1.72. The van der Waals surface area contributed by atoms with Crippen LogP contribution in [-0.4, -0.2) is 10.1 Å². The zero-order chi connectivity index (χ0) is 14.9. The number of pyridine rings is 1. The van der Waals surface area contributed by atoms with Gasteiger partial charge in [-0.1, -0.05) is 19.9 Å². The monoisotopic (exact) mass is 285 g/mol. The lowest BCUT2D eigenvalue weighted by atomic mass is 9.39. The zero-order valence-corrected chi connectivity index (χ0v) is 13.5. The van der Waals surface area contributed by atoms with Crippen molar-refractivity contribution in [3.05, 3.63) is 29.6 Å². The molecule has 1 heterocycles. The minimum Gasteiger partial charge on any atom is -0.388 e. The van der Waals surface area contributed by atoms with Crippen LogP contribution in [0.4, 0.5) is 0 Å². The fourth-order valence-electron chi connectivity index (χ4n) is 6.84. The highest BCUT2D eigenvalue weighted by Crippen LogP contribution is 2.72. The average Bonchev–Trinajstić information content (AvgIpc) is 2.34. The SMILES string of the molecule is Cc1ccc(C(O)C23CC4CC(C)(CC(C)(C4)C2)C3)cn1. The molecular formula is C19H27NO. The number of aliphatic hydroxyl groups is 1. The molecule has 4 aliphatic carbocycles. The molecule has 0 saturated heterocycles. The van der Waals surface area contributed by atoms with Crippen LogP contribution in [0.3, 0.4) is 0 Å². The number of rotatable bonds is 2. The van der Waals surface area contributed by atoms with Gasteiger partial charge in [-0.15, -0.1) is 0 Å². The molecule has 0 spiro atoms. The van der Waals surface area contributed by atoms with Gasteiger partial charge in [0.2, 0.25) is 0 Å². The summed E-state index contributed by atoms with van der Waals surface area (Å²) >= 11 is 0. The van der Waals surface area contributed by atoms with Gasteiger partial charge in [0.1, 0.15) is 0 Å².